The molecule has 1 amide bonds. The van der Waals surface area contributed by atoms with Gasteiger partial charge in [0, 0.05) is 18.6 Å². The molecule has 4 heteroatoms. The highest BCUT2D eigenvalue weighted by atomic mass is 32.1. The van der Waals surface area contributed by atoms with Crippen LogP contribution in [-0.4, -0.2) is 41.4 Å². The summed E-state index contributed by atoms with van der Waals surface area (Å²) in [6.07, 6.45) is 5.03. The monoisotopic (exact) mass is 292 g/mol. The van der Waals surface area contributed by atoms with E-state index in [9.17, 15) is 4.79 Å². The third-order valence-electron chi connectivity index (χ3n) is 4.63. The molecule has 0 N–H and O–H groups in total. The summed E-state index contributed by atoms with van der Waals surface area (Å²) in [6, 6.07) is 3.16. The molecule has 1 aromatic heterocycles. The first kappa shape index (κ1) is 14.1. The molecular formula is C16H24N2OS. The molecule has 1 aromatic rings. The number of likely N-dealkylation sites (N-methyl/N-ethyl adjacent to an activating group) is 1. The maximum absolute atomic E-state index is 12.6. The van der Waals surface area contributed by atoms with E-state index in [1.807, 2.05) is 0 Å². The maximum atomic E-state index is 12.6. The van der Waals surface area contributed by atoms with Gasteiger partial charge in [-0.1, -0.05) is 0 Å². The minimum atomic E-state index is 0.300. The van der Waals surface area contributed by atoms with Crippen molar-refractivity contribution in [2.75, 3.05) is 13.6 Å². The van der Waals surface area contributed by atoms with Gasteiger partial charge in [0.2, 0.25) is 5.91 Å². The SMILES string of the molecule is C[C@@H](C1CC1)N(C)CC(=O)N(Cc1ccsc1)C1CC1. The van der Waals surface area contributed by atoms with Gasteiger partial charge in [0.15, 0.2) is 0 Å². The summed E-state index contributed by atoms with van der Waals surface area (Å²) >= 11 is 1.71. The predicted octanol–water partition coefficient (Wildman–Crippen LogP) is 2.97. The smallest absolute Gasteiger partial charge is 0.237 e. The summed E-state index contributed by atoms with van der Waals surface area (Å²) in [4.78, 5) is 16.9. The van der Waals surface area contributed by atoms with Crippen LogP contribution in [0.25, 0.3) is 0 Å². The molecule has 0 radical (unpaired) electrons. The van der Waals surface area contributed by atoms with E-state index in [1.165, 1.54) is 31.2 Å². The molecule has 1 heterocycles. The van der Waals surface area contributed by atoms with E-state index in [0.717, 1.165) is 12.5 Å². The zero-order valence-corrected chi connectivity index (χ0v) is 13.2. The van der Waals surface area contributed by atoms with Crippen LogP contribution in [0.15, 0.2) is 16.8 Å². The lowest BCUT2D eigenvalue weighted by Crippen LogP contribution is -2.43. The molecule has 2 aliphatic rings. The summed E-state index contributed by atoms with van der Waals surface area (Å²) in [7, 11) is 2.09. The molecule has 0 spiro atoms. The van der Waals surface area contributed by atoms with Crippen LogP contribution in [-0.2, 0) is 11.3 Å². The van der Waals surface area contributed by atoms with Crippen molar-refractivity contribution in [2.45, 2.75) is 51.2 Å². The van der Waals surface area contributed by atoms with Gasteiger partial charge < -0.3 is 4.90 Å². The third-order valence-corrected chi connectivity index (χ3v) is 5.36. The molecule has 1 atom stereocenters. The minimum Gasteiger partial charge on any atom is -0.334 e. The Kier molecular flexibility index (Phi) is 4.13. The van der Waals surface area contributed by atoms with E-state index in [0.29, 0.717) is 24.5 Å². The van der Waals surface area contributed by atoms with Crippen molar-refractivity contribution in [3.05, 3.63) is 22.4 Å². The Labute approximate surface area is 125 Å². The van der Waals surface area contributed by atoms with Gasteiger partial charge in [0.1, 0.15) is 0 Å². The fourth-order valence-corrected chi connectivity index (χ4v) is 3.43. The summed E-state index contributed by atoms with van der Waals surface area (Å²) in [5.41, 5.74) is 1.27. The van der Waals surface area contributed by atoms with E-state index in [-0.39, 0.29) is 0 Å². The highest BCUT2D eigenvalue weighted by molar-refractivity contribution is 7.07. The molecule has 2 fully saturated rings. The van der Waals surface area contributed by atoms with Gasteiger partial charge in [-0.05, 0) is 68.0 Å². The second-order valence-electron chi connectivity index (χ2n) is 6.38. The summed E-state index contributed by atoms with van der Waals surface area (Å²) in [5.74, 6) is 1.12. The van der Waals surface area contributed by atoms with Gasteiger partial charge in [-0.3, -0.25) is 9.69 Å². The van der Waals surface area contributed by atoms with Crippen molar-refractivity contribution in [3.8, 4) is 0 Å². The first-order chi connectivity index (χ1) is 9.65. The summed E-state index contributed by atoms with van der Waals surface area (Å²) in [5, 5.41) is 4.24. The number of thiophene rings is 1. The Hall–Kier alpha value is -0.870. The molecule has 0 aromatic carbocycles. The van der Waals surface area contributed by atoms with E-state index in [2.05, 4.69) is 40.6 Å². The fraction of sp³-hybridized carbons (Fsp3) is 0.688. The molecule has 3 nitrogen and oxygen atoms in total. The van der Waals surface area contributed by atoms with Crippen molar-refractivity contribution >= 4 is 17.2 Å². The Balaban J connectivity index is 1.57. The van der Waals surface area contributed by atoms with Gasteiger partial charge >= 0.3 is 0 Å². The van der Waals surface area contributed by atoms with E-state index in [1.54, 1.807) is 11.3 Å². The van der Waals surface area contributed by atoms with Crippen LogP contribution in [0.1, 0.15) is 38.2 Å². The van der Waals surface area contributed by atoms with Crippen molar-refractivity contribution < 1.29 is 4.79 Å². The molecule has 2 saturated carbocycles. The largest absolute Gasteiger partial charge is 0.334 e. The van der Waals surface area contributed by atoms with Gasteiger partial charge in [-0.25, -0.2) is 0 Å². The van der Waals surface area contributed by atoms with Crippen molar-refractivity contribution in [1.82, 2.24) is 9.80 Å². The van der Waals surface area contributed by atoms with Crippen molar-refractivity contribution in [3.63, 3.8) is 0 Å². The highest BCUT2D eigenvalue weighted by Gasteiger charge is 2.35. The van der Waals surface area contributed by atoms with Crippen LogP contribution >= 0.6 is 11.3 Å². The normalized spacial score (nSPS) is 20.1. The molecule has 0 unspecified atom stereocenters. The molecule has 2 aliphatic carbocycles. The van der Waals surface area contributed by atoms with Gasteiger partial charge in [0.25, 0.3) is 0 Å². The van der Waals surface area contributed by atoms with Crippen molar-refractivity contribution in [2.24, 2.45) is 5.92 Å². The Bertz CT molecular complexity index is 451. The number of carbonyl (C=O) groups excluding carboxylic acids is 1. The Morgan fingerprint density at radius 3 is 2.70 bits per heavy atom. The molecule has 0 saturated heterocycles. The molecule has 20 heavy (non-hydrogen) atoms. The van der Waals surface area contributed by atoms with Crippen LogP contribution in [0.4, 0.5) is 0 Å². The van der Waals surface area contributed by atoms with Crippen LogP contribution in [0.3, 0.4) is 0 Å². The maximum Gasteiger partial charge on any atom is 0.237 e. The van der Waals surface area contributed by atoms with Crippen LogP contribution < -0.4 is 0 Å². The molecule has 0 bridgehead atoms. The van der Waals surface area contributed by atoms with Crippen molar-refractivity contribution in [1.29, 1.82) is 0 Å². The van der Waals surface area contributed by atoms with Gasteiger partial charge in [-0.15, -0.1) is 0 Å². The Morgan fingerprint density at radius 2 is 2.15 bits per heavy atom. The van der Waals surface area contributed by atoms with Gasteiger partial charge in [-0.2, -0.15) is 11.3 Å². The van der Waals surface area contributed by atoms with E-state index >= 15 is 0 Å². The molecule has 110 valence electrons. The Morgan fingerprint density at radius 1 is 1.40 bits per heavy atom. The van der Waals surface area contributed by atoms with Crippen LogP contribution in [0.2, 0.25) is 0 Å². The minimum absolute atomic E-state index is 0.300. The third kappa shape index (κ3) is 3.41. The number of nitrogens with zero attached hydrogens (tertiary/aromatic N) is 2. The highest BCUT2D eigenvalue weighted by Crippen LogP contribution is 2.35. The second-order valence-corrected chi connectivity index (χ2v) is 7.16. The van der Waals surface area contributed by atoms with E-state index in [4.69, 9.17) is 0 Å². The quantitative estimate of drug-likeness (QED) is 0.771. The number of amides is 1. The molecule has 0 aliphatic heterocycles. The van der Waals surface area contributed by atoms with Gasteiger partial charge in [0.05, 0.1) is 6.54 Å². The number of hydrogen-bond acceptors (Lipinski definition) is 3. The average Bonchev–Trinajstić information content (AvgIpc) is 3.34. The lowest BCUT2D eigenvalue weighted by molar-refractivity contribution is -0.133. The molecule has 3 rings (SSSR count). The summed E-state index contributed by atoms with van der Waals surface area (Å²) in [6.45, 7) is 3.61. The first-order valence-electron chi connectivity index (χ1n) is 7.66. The average molecular weight is 292 g/mol. The van der Waals surface area contributed by atoms with Crippen LogP contribution in [0, 0.1) is 5.92 Å². The fourth-order valence-electron chi connectivity index (χ4n) is 2.77. The number of carbonyl (C=O) groups is 1. The lowest BCUT2D eigenvalue weighted by atomic mass is 10.2. The number of hydrogen-bond donors (Lipinski definition) is 0. The topological polar surface area (TPSA) is 23.6 Å². The van der Waals surface area contributed by atoms with Crippen LogP contribution in [0.5, 0.6) is 0 Å². The zero-order valence-electron chi connectivity index (χ0n) is 12.4. The molecular weight excluding hydrogens is 268 g/mol. The predicted molar refractivity (Wildman–Crippen MR) is 82.7 cm³/mol. The standard InChI is InChI=1S/C16H24N2OS/c1-12(14-3-4-14)17(2)10-16(19)18(15-5-6-15)9-13-7-8-20-11-13/h7-8,11-12,14-15H,3-6,9-10H2,1-2H3/t12-/m0/s1. The second kappa shape index (κ2) is 5.86. The first-order valence-corrected chi connectivity index (χ1v) is 8.60. The van der Waals surface area contributed by atoms with E-state index < -0.39 is 0 Å². The lowest BCUT2D eigenvalue weighted by Gasteiger charge is -2.28. The number of rotatable bonds is 7. The summed E-state index contributed by atoms with van der Waals surface area (Å²) < 4.78 is 0. The zero-order chi connectivity index (χ0) is 14.1.